The summed E-state index contributed by atoms with van der Waals surface area (Å²) < 4.78 is 26.9. The minimum Gasteiger partial charge on any atom is -0.382 e. The minimum absolute atomic E-state index is 0.0674. The molecule has 0 saturated carbocycles. The smallest absolute Gasteiger partial charge is 0.258 e. The molecule has 2 rings (SSSR count). The van der Waals surface area contributed by atoms with Gasteiger partial charge in [-0.3, -0.25) is 0 Å². The Morgan fingerprint density at radius 2 is 2.11 bits per heavy atom. The van der Waals surface area contributed by atoms with Crippen LogP contribution in [0.15, 0.2) is 17.3 Å². The van der Waals surface area contributed by atoms with E-state index in [1.807, 2.05) is 0 Å². The van der Waals surface area contributed by atoms with Gasteiger partial charge in [0.1, 0.15) is 0 Å². The highest BCUT2D eigenvalue weighted by atomic mass is 32.2. The van der Waals surface area contributed by atoms with Gasteiger partial charge in [-0.1, -0.05) is 0 Å². The van der Waals surface area contributed by atoms with E-state index in [1.54, 1.807) is 33.0 Å². The van der Waals surface area contributed by atoms with E-state index in [9.17, 15) is 8.42 Å². The van der Waals surface area contributed by atoms with E-state index in [-0.39, 0.29) is 5.03 Å². The molecule has 1 aromatic heterocycles. The number of nitrogens with one attached hydrogen (secondary N) is 2. The first-order valence-electron chi connectivity index (χ1n) is 5.97. The van der Waals surface area contributed by atoms with Crippen molar-refractivity contribution in [3.05, 3.63) is 17.8 Å². The lowest BCUT2D eigenvalue weighted by Gasteiger charge is -2.20. The number of pyridine rings is 1. The van der Waals surface area contributed by atoms with Crippen LogP contribution < -0.4 is 10.0 Å². The maximum Gasteiger partial charge on any atom is 0.258 e. The van der Waals surface area contributed by atoms with Crippen LogP contribution in [0.2, 0.25) is 0 Å². The summed E-state index contributed by atoms with van der Waals surface area (Å²) in [5.41, 5.74) is 1.42. The summed E-state index contributed by atoms with van der Waals surface area (Å²) in [6.07, 6.45) is 2.53. The third-order valence-electron chi connectivity index (χ3n) is 2.61. The number of fused-ring (bicyclic) bond motifs is 1. The highest BCUT2D eigenvalue weighted by molar-refractivity contribution is 7.89. The molecule has 1 aliphatic heterocycles. The maximum absolute atomic E-state index is 12.1. The second kappa shape index (κ2) is 4.20. The highest BCUT2D eigenvalue weighted by Gasteiger charge is 2.25. The molecule has 5 nitrogen and oxygen atoms in total. The molecule has 0 aliphatic carbocycles. The Kier molecular flexibility index (Phi) is 3.11. The minimum atomic E-state index is -3.56. The third kappa shape index (κ3) is 2.81. The van der Waals surface area contributed by atoms with Crippen LogP contribution in [0.25, 0.3) is 0 Å². The van der Waals surface area contributed by atoms with Crippen molar-refractivity contribution in [2.24, 2.45) is 0 Å². The van der Waals surface area contributed by atoms with Crippen molar-refractivity contribution in [1.29, 1.82) is 0 Å². The van der Waals surface area contributed by atoms with Gasteiger partial charge in [0.15, 0.2) is 5.03 Å². The number of sulfonamides is 1. The lowest BCUT2D eigenvalue weighted by atomic mass is 10.1. The van der Waals surface area contributed by atoms with Gasteiger partial charge in [-0.25, -0.2) is 18.1 Å². The Morgan fingerprint density at radius 3 is 2.72 bits per heavy atom. The molecular formula is C12H19N3O2S. The molecule has 1 atom stereocenters. The molecule has 2 heterocycles. The first-order valence-corrected chi connectivity index (χ1v) is 7.45. The van der Waals surface area contributed by atoms with Gasteiger partial charge in [-0.05, 0) is 39.7 Å². The number of nitrogens with zero attached hydrogens (tertiary/aromatic N) is 1. The molecular weight excluding hydrogens is 250 g/mol. The Morgan fingerprint density at radius 1 is 1.44 bits per heavy atom. The van der Waals surface area contributed by atoms with Gasteiger partial charge in [0, 0.05) is 29.5 Å². The maximum atomic E-state index is 12.1. The molecule has 0 aromatic carbocycles. The summed E-state index contributed by atoms with van der Waals surface area (Å²) in [5.74, 6) is 0. The molecule has 1 aliphatic rings. The molecule has 18 heavy (non-hydrogen) atoms. The Labute approximate surface area is 108 Å². The summed E-state index contributed by atoms with van der Waals surface area (Å²) in [7, 11) is -3.56. The van der Waals surface area contributed by atoms with Crippen molar-refractivity contribution in [2.45, 2.75) is 50.7 Å². The van der Waals surface area contributed by atoms with Crippen molar-refractivity contribution in [1.82, 2.24) is 9.71 Å². The molecule has 2 N–H and O–H groups in total. The molecule has 0 bridgehead atoms. The zero-order valence-corrected chi connectivity index (χ0v) is 11.9. The van der Waals surface area contributed by atoms with Crippen LogP contribution in [0, 0.1) is 0 Å². The molecule has 1 aromatic rings. The van der Waals surface area contributed by atoms with Gasteiger partial charge >= 0.3 is 0 Å². The van der Waals surface area contributed by atoms with Crippen LogP contribution >= 0.6 is 0 Å². The number of hydrogen-bond donors (Lipinski definition) is 2. The number of hydrogen-bond acceptors (Lipinski definition) is 4. The zero-order chi connectivity index (χ0) is 13.6. The summed E-state index contributed by atoms with van der Waals surface area (Å²) in [6.45, 7) is 7.47. The standard InChI is InChI=1S/C12H19N3O2S/c1-8-5-9-7-13-11(6-10(9)14-8)18(16,17)15-12(2,3)4/h6-8,14-15H,5H2,1-4H3. The van der Waals surface area contributed by atoms with Crippen LogP contribution in [0.4, 0.5) is 5.69 Å². The van der Waals surface area contributed by atoms with Crippen molar-refractivity contribution >= 4 is 15.7 Å². The number of anilines is 1. The lowest BCUT2D eigenvalue weighted by molar-refractivity contribution is 0.489. The predicted molar refractivity (Wildman–Crippen MR) is 71.1 cm³/mol. The summed E-state index contributed by atoms with van der Waals surface area (Å²) in [4.78, 5) is 4.05. The van der Waals surface area contributed by atoms with Crippen LogP contribution in [-0.2, 0) is 16.4 Å². The highest BCUT2D eigenvalue weighted by Crippen LogP contribution is 2.26. The monoisotopic (exact) mass is 269 g/mol. The van der Waals surface area contributed by atoms with Gasteiger partial charge in [-0.15, -0.1) is 0 Å². The number of rotatable bonds is 2. The summed E-state index contributed by atoms with van der Waals surface area (Å²) in [6, 6.07) is 1.93. The van der Waals surface area contributed by atoms with E-state index in [1.165, 1.54) is 0 Å². The summed E-state index contributed by atoms with van der Waals surface area (Å²) >= 11 is 0. The Hall–Kier alpha value is -1.14. The molecule has 0 radical (unpaired) electrons. The molecule has 0 saturated heterocycles. The van der Waals surface area contributed by atoms with Gasteiger partial charge in [0.2, 0.25) is 0 Å². The normalized spacial score (nSPS) is 19.4. The van der Waals surface area contributed by atoms with Gasteiger partial charge in [0.05, 0.1) is 0 Å². The first-order chi connectivity index (χ1) is 8.17. The molecule has 100 valence electrons. The Balaban J connectivity index is 2.33. The van der Waals surface area contributed by atoms with Crippen molar-refractivity contribution in [2.75, 3.05) is 5.32 Å². The topological polar surface area (TPSA) is 71.1 Å². The van der Waals surface area contributed by atoms with Crippen molar-refractivity contribution in [3.8, 4) is 0 Å². The molecule has 0 amide bonds. The van der Waals surface area contributed by atoms with E-state index in [2.05, 4.69) is 21.9 Å². The lowest BCUT2D eigenvalue weighted by Crippen LogP contribution is -2.40. The van der Waals surface area contributed by atoms with Crippen LogP contribution in [0.3, 0.4) is 0 Å². The second-order valence-electron chi connectivity index (χ2n) is 5.78. The van der Waals surface area contributed by atoms with Crippen LogP contribution in [-0.4, -0.2) is 25.0 Å². The average molecular weight is 269 g/mol. The van der Waals surface area contributed by atoms with E-state index in [4.69, 9.17) is 0 Å². The summed E-state index contributed by atoms with van der Waals surface area (Å²) in [5, 5.41) is 3.31. The second-order valence-corrected chi connectivity index (χ2v) is 7.41. The first kappa shape index (κ1) is 13.3. The van der Waals surface area contributed by atoms with Crippen molar-refractivity contribution in [3.63, 3.8) is 0 Å². The van der Waals surface area contributed by atoms with E-state index < -0.39 is 15.6 Å². The fraction of sp³-hybridized carbons (Fsp3) is 0.583. The Bertz CT molecular complexity index is 561. The fourth-order valence-corrected chi connectivity index (χ4v) is 3.39. The quantitative estimate of drug-likeness (QED) is 0.854. The van der Waals surface area contributed by atoms with Crippen LogP contribution in [0.5, 0.6) is 0 Å². The molecule has 1 unspecified atom stereocenters. The van der Waals surface area contributed by atoms with E-state index in [0.29, 0.717) is 6.04 Å². The van der Waals surface area contributed by atoms with E-state index in [0.717, 1.165) is 17.7 Å². The van der Waals surface area contributed by atoms with E-state index >= 15 is 0 Å². The molecule has 0 spiro atoms. The largest absolute Gasteiger partial charge is 0.382 e. The van der Waals surface area contributed by atoms with Crippen LogP contribution in [0.1, 0.15) is 33.3 Å². The van der Waals surface area contributed by atoms with Gasteiger partial charge in [0.25, 0.3) is 10.0 Å². The molecule has 0 fully saturated rings. The van der Waals surface area contributed by atoms with Crippen molar-refractivity contribution < 1.29 is 8.42 Å². The SMILES string of the molecule is CC1Cc2cnc(S(=O)(=O)NC(C)(C)C)cc2N1. The average Bonchev–Trinajstić information content (AvgIpc) is 2.52. The fourth-order valence-electron chi connectivity index (χ4n) is 2.01. The van der Waals surface area contributed by atoms with Gasteiger partial charge in [-0.2, -0.15) is 0 Å². The van der Waals surface area contributed by atoms with Gasteiger partial charge < -0.3 is 5.32 Å². The zero-order valence-electron chi connectivity index (χ0n) is 11.1. The molecule has 6 heteroatoms. The number of aromatic nitrogens is 1. The third-order valence-corrected chi connectivity index (χ3v) is 4.26. The predicted octanol–water partition coefficient (Wildman–Crippen LogP) is 1.51.